The largest absolute Gasteiger partial charge is 0.299 e. The summed E-state index contributed by atoms with van der Waals surface area (Å²) in [5, 5.41) is 11.5. The average molecular weight is 463 g/mol. The van der Waals surface area contributed by atoms with Gasteiger partial charge in [0.1, 0.15) is 6.04 Å². The number of aryl methyl sites for hydroxylation is 1. The van der Waals surface area contributed by atoms with Gasteiger partial charge in [-0.05, 0) is 37.5 Å². The molecule has 0 spiro atoms. The minimum atomic E-state index is -3.74. The number of thioether (sulfide) groups is 1. The van der Waals surface area contributed by atoms with E-state index in [0.717, 1.165) is 27.1 Å². The molecule has 1 heterocycles. The summed E-state index contributed by atoms with van der Waals surface area (Å²) >= 11 is 8.91. The van der Waals surface area contributed by atoms with Gasteiger partial charge in [0.05, 0.1) is 11.9 Å². The van der Waals surface area contributed by atoms with Gasteiger partial charge in [0.2, 0.25) is 21.1 Å². The van der Waals surface area contributed by atoms with Gasteiger partial charge in [0, 0.05) is 10.8 Å². The van der Waals surface area contributed by atoms with Crippen LogP contribution in [0.15, 0.2) is 22.5 Å². The average Bonchev–Trinajstić information content (AvgIpc) is 3.06. The molecule has 1 atom stereocenters. The Morgan fingerprint density at radius 3 is 2.68 bits per heavy atom. The molecule has 0 saturated heterocycles. The molecule has 0 radical (unpaired) electrons. The Balaban J connectivity index is 2.32. The molecule has 1 aromatic carbocycles. The van der Waals surface area contributed by atoms with Crippen molar-refractivity contribution < 1.29 is 13.2 Å². The Morgan fingerprint density at radius 2 is 2.07 bits per heavy atom. The van der Waals surface area contributed by atoms with Gasteiger partial charge < -0.3 is 0 Å². The topological polar surface area (TPSA) is 92.3 Å². The number of aromatic nitrogens is 2. The van der Waals surface area contributed by atoms with E-state index in [4.69, 9.17) is 11.6 Å². The van der Waals surface area contributed by atoms with Gasteiger partial charge in [-0.1, -0.05) is 54.6 Å². The molecule has 0 unspecified atom stereocenters. The van der Waals surface area contributed by atoms with Gasteiger partial charge in [-0.25, -0.2) is 8.42 Å². The Morgan fingerprint density at radius 1 is 1.36 bits per heavy atom. The van der Waals surface area contributed by atoms with Crippen LogP contribution in [0.2, 0.25) is 5.02 Å². The SMILES string of the molecule is CCCSc1nnc(NC(=O)[C@H](CC)N(c2cc(Cl)ccc2C)S(C)(=O)=O)s1. The molecule has 0 aliphatic heterocycles. The fourth-order valence-corrected chi connectivity index (χ4v) is 5.66. The minimum absolute atomic E-state index is 0.279. The van der Waals surface area contributed by atoms with E-state index >= 15 is 0 Å². The van der Waals surface area contributed by atoms with Crippen molar-refractivity contribution in [2.75, 3.05) is 21.6 Å². The van der Waals surface area contributed by atoms with Gasteiger partial charge in [-0.3, -0.25) is 14.4 Å². The molecule has 154 valence electrons. The number of hydrogen-bond donors (Lipinski definition) is 1. The van der Waals surface area contributed by atoms with Crippen LogP contribution >= 0.6 is 34.7 Å². The summed E-state index contributed by atoms with van der Waals surface area (Å²) in [4.78, 5) is 12.9. The van der Waals surface area contributed by atoms with Crippen molar-refractivity contribution in [2.45, 2.75) is 44.0 Å². The number of rotatable bonds is 9. The highest BCUT2D eigenvalue weighted by atomic mass is 35.5. The van der Waals surface area contributed by atoms with Crippen LogP contribution in [0.25, 0.3) is 0 Å². The Kier molecular flexibility index (Phi) is 8.11. The van der Waals surface area contributed by atoms with E-state index in [1.807, 2.05) is 0 Å². The Bertz CT molecular complexity index is 933. The summed E-state index contributed by atoms with van der Waals surface area (Å²) in [6.45, 7) is 5.60. The second-order valence-electron chi connectivity index (χ2n) is 6.12. The van der Waals surface area contributed by atoms with Gasteiger partial charge >= 0.3 is 0 Å². The lowest BCUT2D eigenvalue weighted by molar-refractivity contribution is -0.117. The fourth-order valence-electron chi connectivity index (χ4n) is 2.55. The van der Waals surface area contributed by atoms with E-state index in [0.29, 0.717) is 21.4 Å². The van der Waals surface area contributed by atoms with Crippen LogP contribution < -0.4 is 9.62 Å². The summed E-state index contributed by atoms with van der Waals surface area (Å²) in [6.07, 6.45) is 2.36. The monoisotopic (exact) mass is 462 g/mol. The molecule has 1 N–H and O–H groups in total. The van der Waals surface area contributed by atoms with E-state index in [9.17, 15) is 13.2 Å². The molecule has 0 fully saturated rings. The van der Waals surface area contributed by atoms with Crippen LogP contribution in [0, 0.1) is 6.92 Å². The summed E-state index contributed by atoms with van der Waals surface area (Å²) in [5.41, 5.74) is 1.09. The van der Waals surface area contributed by atoms with E-state index in [1.54, 1.807) is 43.8 Å². The van der Waals surface area contributed by atoms with Gasteiger partial charge in [0.25, 0.3) is 0 Å². The third kappa shape index (κ3) is 5.82. The summed E-state index contributed by atoms with van der Waals surface area (Å²) in [7, 11) is -3.74. The molecular weight excluding hydrogens is 440 g/mol. The van der Waals surface area contributed by atoms with Crippen LogP contribution in [0.3, 0.4) is 0 Å². The molecule has 0 aliphatic carbocycles. The zero-order valence-corrected chi connectivity index (χ0v) is 19.3. The van der Waals surface area contributed by atoms with Crippen molar-refractivity contribution >= 4 is 61.4 Å². The lowest BCUT2D eigenvalue weighted by atomic mass is 10.1. The lowest BCUT2D eigenvalue weighted by Crippen LogP contribution is -2.47. The smallest absolute Gasteiger partial charge is 0.250 e. The molecule has 1 amide bonds. The second-order valence-corrected chi connectivity index (χ2v) is 10.7. The molecule has 7 nitrogen and oxygen atoms in total. The standard InChI is InChI=1S/C17H23ClN4O3S3/c1-5-9-26-17-21-20-16(27-17)19-15(23)13(6-2)22(28(4,24)25)14-10-12(18)8-7-11(14)3/h7-8,10,13H,5-6,9H2,1-4H3,(H,19,20,23)/t13-/m0/s1. The predicted octanol–water partition coefficient (Wildman–Crippen LogP) is 4.19. The maximum atomic E-state index is 12.9. The number of halogens is 1. The Labute approximate surface area is 178 Å². The van der Waals surface area contributed by atoms with Gasteiger partial charge in [-0.2, -0.15) is 0 Å². The first-order chi connectivity index (χ1) is 13.2. The van der Waals surface area contributed by atoms with E-state index in [1.165, 1.54) is 11.3 Å². The van der Waals surface area contributed by atoms with E-state index < -0.39 is 22.0 Å². The number of amides is 1. The zero-order valence-electron chi connectivity index (χ0n) is 16.1. The molecule has 28 heavy (non-hydrogen) atoms. The number of nitrogens with one attached hydrogen (secondary N) is 1. The minimum Gasteiger partial charge on any atom is -0.299 e. The van der Waals surface area contributed by atoms with Crippen LogP contribution in [0.4, 0.5) is 10.8 Å². The highest BCUT2D eigenvalue weighted by molar-refractivity contribution is 8.01. The first kappa shape index (κ1) is 22.9. The molecular formula is C17H23ClN4O3S3. The van der Waals surface area contributed by atoms with E-state index in [-0.39, 0.29) is 6.42 Å². The van der Waals surface area contributed by atoms with Crippen LogP contribution in [-0.4, -0.2) is 42.6 Å². The van der Waals surface area contributed by atoms with Crippen molar-refractivity contribution in [3.8, 4) is 0 Å². The number of benzene rings is 1. The van der Waals surface area contributed by atoms with Crippen molar-refractivity contribution in [1.82, 2.24) is 10.2 Å². The first-order valence-corrected chi connectivity index (χ1v) is 12.7. The predicted molar refractivity (Wildman–Crippen MR) is 117 cm³/mol. The quantitative estimate of drug-likeness (QED) is 0.443. The third-order valence-electron chi connectivity index (χ3n) is 3.80. The summed E-state index contributed by atoms with van der Waals surface area (Å²) in [5.74, 6) is 0.450. The molecule has 2 aromatic rings. The number of sulfonamides is 1. The zero-order chi connectivity index (χ0) is 20.9. The number of nitrogens with zero attached hydrogens (tertiary/aromatic N) is 3. The highest BCUT2D eigenvalue weighted by Gasteiger charge is 2.33. The number of carbonyl (C=O) groups excluding carboxylic acids is 1. The van der Waals surface area contributed by atoms with Crippen LogP contribution in [-0.2, 0) is 14.8 Å². The molecule has 0 saturated carbocycles. The van der Waals surface area contributed by atoms with Crippen molar-refractivity contribution in [3.63, 3.8) is 0 Å². The number of carbonyl (C=O) groups is 1. The van der Waals surface area contributed by atoms with E-state index in [2.05, 4.69) is 22.4 Å². The molecule has 0 bridgehead atoms. The van der Waals surface area contributed by atoms with Gasteiger partial charge in [0.15, 0.2) is 4.34 Å². The normalized spacial score (nSPS) is 12.6. The van der Waals surface area contributed by atoms with Crippen molar-refractivity contribution in [2.24, 2.45) is 0 Å². The fraction of sp³-hybridized carbons (Fsp3) is 0.471. The van der Waals surface area contributed by atoms with Gasteiger partial charge in [-0.15, -0.1) is 10.2 Å². The summed E-state index contributed by atoms with van der Waals surface area (Å²) < 4.78 is 27.0. The van der Waals surface area contributed by atoms with Crippen LogP contribution in [0.5, 0.6) is 0 Å². The van der Waals surface area contributed by atoms with Crippen LogP contribution in [0.1, 0.15) is 32.3 Å². The molecule has 2 rings (SSSR count). The summed E-state index contributed by atoms with van der Waals surface area (Å²) in [6, 6.07) is 4.02. The third-order valence-corrected chi connectivity index (χ3v) is 7.38. The Hall–Kier alpha value is -1.36. The van der Waals surface area contributed by atoms with Crippen molar-refractivity contribution in [3.05, 3.63) is 28.8 Å². The maximum absolute atomic E-state index is 12.9. The number of anilines is 2. The second kappa shape index (κ2) is 9.91. The maximum Gasteiger partial charge on any atom is 0.250 e. The lowest BCUT2D eigenvalue weighted by Gasteiger charge is -2.31. The highest BCUT2D eigenvalue weighted by Crippen LogP contribution is 2.30. The first-order valence-electron chi connectivity index (χ1n) is 8.70. The molecule has 0 aliphatic rings. The molecule has 1 aromatic heterocycles. The molecule has 11 heteroatoms. The van der Waals surface area contributed by atoms with Crippen molar-refractivity contribution in [1.29, 1.82) is 0 Å². The number of hydrogen-bond acceptors (Lipinski definition) is 7.